The number of hydrogen-bond acceptors (Lipinski definition) is 4. The van der Waals surface area contributed by atoms with E-state index in [2.05, 4.69) is 28.0 Å². The van der Waals surface area contributed by atoms with Crippen molar-refractivity contribution in [1.29, 1.82) is 0 Å². The Balaban J connectivity index is 1.48. The molecule has 1 aliphatic heterocycles. The quantitative estimate of drug-likeness (QED) is 0.816. The first-order valence-electron chi connectivity index (χ1n) is 8.05. The third-order valence-corrected chi connectivity index (χ3v) is 7.21. The number of hydrazone groups is 1. The normalized spacial score (nSPS) is 33.0. The molecule has 3 nitrogen and oxygen atoms in total. The summed E-state index contributed by atoms with van der Waals surface area (Å²) in [6.45, 7) is 0. The average Bonchev–Trinajstić information content (AvgIpc) is 3.14. The molecule has 1 spiro atoms. The molecule has 114 valence electrons. The maximum atomic E-state index is 6.31. The van der Waals surface area contributed by atoms with Gasteiger partial charge in [0.05, 0.1) is 14.6 Å². The molecule has 1 aromatic carbocycles. The maximum absolute atomic E-state index is 6.31. The van der Waals surface area contributed by atoms with Crippen LogP contribution in [0.1, 0.15) is 37.0 Å². The summed E-state index contributed by atoms with van der Waals surface area (Å²) < 4.78 is 1.15. The van der Waals surface area contributed by atoms with Crippen molar-refractivity contribution in [3.63, 3.8) is 0 Å². The highest BCUT2D eigenvalue weighted by Gasteiger charge is 2.50. The van der Waals surface area contributed by atoms with Crippen LogP contribution in [-0.4, -0.2) is 11.5 Å². The van der Waals surface area contributed by atoms with Gasteiger partial charge in [0.25, 0.3) is 0 Å². The van der Waals surface area contributed by atoms with Crippen molar-refractivity contribution in [2.45, 2.75) is 37.8 Å². The van der Waals surface area contributed by atoms with E-state index in [0.717, 1.165) is 21.5 Å². The lowest BCUT2D eigenvalue weighted by Gasteiger charge is -2.49. The molecule has 0 radical (unpaired) electrons. The maximum Gasteiger partial charge on any atom is 0.165 e. The van der Waals surface area contributed by atoms with Crippen LogP contribution in [0.25, 0.3) is 10.1 Å². The van der Waals surface area contributed by atoms with E-state index in [1.807, 2.05) is 12.1 Å². The molecule has 6 rings (SSSR count). The minimum Gasteiger partial charge on any atom is -0.344 e. The van der Waals surface area contributed by atoms with Gasteiger partial charge in [-0.25, -0.2) is 0 Å². The monoisotopic (exact) mass is 331 g/mol. The first kappa shape index (κ1) is 13.2. The highest BCUT2D eigenvalue weighted by atomic mass is 35.5. The Kier molecular flexibility index (Phi) is 2.77. The zero-order valence-corrected chi connectivity index (χ0v) is 13.8. The molecule has 2 bridgehead atoms. The van der Waals surface area contributed by atoms with Gasteiger partial charge in [-0.2, -0.15) is 5.10 Å². The van der Waals surface area contributed by atoms with Crippen molar-refractivity contribution >= 4 is 38.9 Å². The van der Waals surface area contributed by atoms with Crippen LogP contribution in [0.2, 0.25) is 5.02 Å². The fourth-order valence-electron chi connectivity index (χ4n) is 4.46. The molecule has 0 unspecified atom stereocenters. The number of hydrogen-bond donors (Lipinski definition) is 2. The second-order valence-electron chi connectivity index (χ2n) is 6.86. The van der Waals surface area contributed by atoms with Crippen LogP contribution >= 0.6 is 22.9 Å². The summed E-state index contributed by atoms with van der Waals surface area (Å²) in [4.78, 5) is 1.17. The Morgan fingerprint density at radius 1 is 1.23 bits per heavy atom. The first-order valence-corrected chi connectivity index (χ1v) is 9.24. The van der Waals surface area contributed by atoms with Crippen LogP contribution in [0, 0.1) is 11.8 Å². The molecule has 2 heterocycles. The van der Waals surface area contributed by atoms with Gasteiger partial charge in [-0.1, -0.05) is 23.7 Å². The predicted molar refractivity (Wildman–Crippen MR) is 92.4 cm³/mol. The van der Waals surface area contributed by atoms with E-state index in [0.29, 0.717) is 5.92 Å². The number of fused-ring (bicyclic) bond motifs is 3. The number of thiophene rings is 1. The van der Waals surface area contributed by atoms with Crippen molar-refractivity contribution in [3.05, 3.63) is 34.2 Å². The van der Waals surface area contributed by atoms with Gasteiger partial charge >= 0.3 is 0 Å². The van der Waals surface area contributed by atoms with E-state index < -0.39 is 0 Å². The highest BCUT2D eigenvalue weighted by Crippen LogP contribution is 2.47. The molecule has 0 amide bonds. The molecule has 2 N–H and O–H groups in total. The second-order valence-corrected chi connectivity index (χ2v) is 8.32. The van der Waals surface area contributed by atoms with E-state index in [-0.39, 0.29) is 5.66 Å². The van der Waals surface area contributed by atoms with Crippen LogP contribution < -0.4 is 10.7 Å². The number of nitrogens with one attached hydrogen (secondary N) is 2. The van der Waals surface area contributed by atoms with E-state index in [1.54, 1.807) is 11.3 Å². The molecule has 0 saturated heterocycles. The highest BCUT2D eigenvalue weighted by molar-refractivity contribution is 7.21. The lowest BCUT2D eigenvalue weighted by molar-refractivity contribution is 0.0394. The SMILES string of the molecule is Clc1cccc2cc(C3=NN[C@]4(CC5CCC4CC5)N3)sc12. The lowest BCUT2D eigenvalue weighted by atomic mass is 9.64. The van der Waals surface area contributed by atoms with Crippen LogP contribution in [0.3, 0.4) is 0 Å². The largest absolute Gasteiger partial charge is 0.344 e. The topological polar surface area (TPSA) is 36.4 Å². The van der Waals surface area contributed by atoms with Gasteiger partial charge in [0.1, 0.15) is 5.66 Å². The van der Waals surface area contributed by atoms with Crippen molar-refractivity contribution in [1.82, 2.24) is 10.7 Å². The first-order chi connectivity index (χ1) is 10.7. The van der Waals surface area contributed by atoms with Crippen molar-refractivity contribution in [2.24, 2.45) is 16.9 Å². The Morgan fingerprint density at radius 3 is 2.82 bits per heavy atom. The van der Waals surface area contributed by atoms with Gasteiger partial charge < -0.3 is 5.32 Å². The van der Waals surface area contributed by atoms with Crippen molar-refractivity contribution < 1.29 is 0 Å². The van der Waals surface area contributed by atoms with Crippen molar-refractivity contribution in [3.8, 4) is 0 Å². The van der Waals surface area contributed by atoms with Gasteiger partial charge in [0.15, 0.2) is 5.84 Å². The number of nitrogens with zero attached hydrogens (tertiary/aromatic N) is 1. The summed E-state index contributed by atoms with van der Waals surface area (Å²) in [5.74, 6) is 2.55. The molecule has 3 saturated carbocycles. The molecule has 3 aliphatic carbocycles. The minimum atomic E-state index is 0.0104. The van der Waals surface area contributed by atoms with E-state index in [4.69, 9.17) is 11.6 Å². The molecule has 22 heavy (non-hydrogen) atoms. The number of rotatable bonds is 1. The summed E-state index contributed by atoms with van der Waals surface area (Å²) in [6, 6.07) is 8.26. The Morgan fingerprint density at radius 2 is 2.09 bits per heavy atom. The lowest BCUT2D eigenvalue weighted by Crippen LogP contribution is -2.62. The third kappa shape index (κ3) is 1.83. The van der Waals surface area contributed by atoms with Gasteiger partial charge in [0, 0.05) is 5.92 Å². The zero-order valence-electron chi connectivity index (χ0n) is 12.2. The number of benzene rings is 1. The van der Waals surface area contributed by atoms with Crippen LogP contribution in [-0.2, 0) is 0 Å². The van der Waals surface area contributed by atoms with Gasteiger partial charge in [-0.3, -0.25) is 5.43 Å². The number of amidine groups is 1. The van der Waals surface area contributed by atoms with E-state index in [9.17, 15) is 0 Å². The minimum absolute atomic E-state index is 0.0104. The van der Waals surface area contributed by atoms with Gasteiger partial charge in [-0.15, -0.1) is 11.3 Å². The van der Waals surface area contributed by atoms with E-state index >= 15 is 0 Å². The summed E-state index contributed by atoms with van der Waals surface area (Å²) in [7, 11) is 0. The summed E-state index contributed by atoms with van der Waals surface area (Å²) in [5.41, 5.74) is 3.47. The summed E-state index contributed by atoms with van der Waals surface area (Å²) >= 11 is 8.03. The second kappa shape index (κ2) is 4.62. The van der Waals surface area contributed by atoms with Gasteiger partial charge in [0.2, 0.25) is 0 Å². The van der Waals surface area contributed by atoms with Crippen molar-refractivity contribution in [2.75, 3.05) is 0 Å². The molecule has 3 fully saturated rings. The Hall–Kier alpha value is -1.26. The van der Waals surface area contributed by atoms with Crippen LogP contribution in [0.5, 0.6) is 0 Å². The molecule has 1 atom stereocenters. The fourth-order valence-corrected chi connectivity index (χ4v) is 5.76. The summed E-state index contributed by atoms with van der Waals surface area (Å²) in [6.07, 6.45) is 6.64. The molecular weight excluding hydrogens is 314 g/mol. The Labute approximate surface area is 138 Å². The average molecular weight is 332 g/mol. The van der Waals surface area contributed by atoms with Crippen LogP contribution in [0.15, 0.2) is 29.4 Å². The zero-order chi connectivity index (χ0) is 14.7. The molecule has 2 aromatic rings. The molecule has 5 heteroatoms. The van der Waals surface area contributed by atoms with Crippen LogP contribution in [0.4, 0.5) is 0 Å². The van der Waals surface area contributed by atoms with Gasteiger partial charge in [-0.05, 0) is 55.5 Å². The standard InChI is InChI=1S/C17H18ClN3S/c18-13-3-1-2-11-8-14(22-15(11)13)16-19-17(21-20-16)9-10-4-6-12(17)7-5-10/h1-3,8,10,12,21H,4-7,9H2,(H,19,20)/t10?,12?,17-/m0/s1. The third-order valence-electron chi connectivity index (χ3n) is 5.59. The smallest absolute Gasteiger partial charge is 0.165 e. The fraction of sp³-hybridized carbons (Fsp3) is 0.471. The molecule has 1 aromatic heterocycles. The number of halogens is 1. The summed E-state index contributed by atoms with van der Waals surface area (Å²) in [5, 5.41) is 10.4. The predicted octanol–water partition coefficient (Wildman–Crippen LogP) is 4.32. The molecule has 4 aliphatic rings. The van der Waals surface area contributed by atoms with E-state index in [1.165, 1.54) is 42.4 Å². The molecular formula is C17H18ClN3S. The Bertz CT molecular complexity index is 775.